The first kappa shape index (κ1) is 9.52. The Bertz CT molecular complexity index is 244. The number of alkyl halides is 1. The van der Waals surface area contributed by atoms with E-state index in [1.165, 1.54) is 0 Å². The predicted octanol–water partition coefficient (Wildman–Crippen LogP) is 2.03. The van der Waals surface area contributed by atoms with E-state index in [0.29, 0.717) is 5.92 Å². The minimum Gasteiger partial charge on any atom is -0.249 e. The predicted molar refractivity (Wildman–Crippen MR) is 49.4 cm³/mol. The van der Waals surface area contributed by atoms with Gasteiger partial charge in [-0.15, -0.1) is 16.7 Å². The zero-order valence-electron chi connectivity index (χ0n) is 7.66. The molecule has 12 heavy (non-hydrogen) atoms. The fourth-order valence-electron chi connectivity index (χ4n) is 1.10. The molecule has 0 aromatic carbocycles. The molecule has 0 aliphatic rings. The number of hydrogen-bond acceptors (Lipinski definition) is 2. The molecule has 3 nitrogen and oxygen atoms in total. The zero-order valence-corrected chi connectivity index (χ0v) is 8.41. The molecule has 0 radical (unpaired) electrons. The second-order valence-electron chi connectivity index (χ2n) is 2.94. The van der Waals surface area contributed by atoms with Crippen molar-refractivity contribution < 1.29 is 0 Å². The maximum absolute atomic E-state index is 5.98. The van der Waals surface area contributed by atoms with Crippen LogP contribution in [0.1, 0.15) is 32.4 Å². The number of rotatable bonds is 3. The molecule has 0 aliphatic carbocycles. The third kappa shape index (κ3) is 1.78. The highest BCUT2D eigenvalue weighted by atomic mass is 35.5. The molecule has 0 saturated heterocycles. The maximum Gasteiger partial charge on any atom is 0.0728 e. The average molecular weight is 188 g/mol. The van der Waals surface area contributed by atoms with Crippen molar-refractivity contribution >= 4 is 11.6 Å². The maximum atomic E-state index is 5.98. The molecule has 0 amide bonds. The van der Waals surface area contributed by atoms with Gasteiger partial charge in [0.15, 0.2) is 0 Å². The Balaban J connectivity index is 2.86. The SMILES string of the molecule is CCn1nncc1C(C)C(C)Cl. The Morgan fingerprint density at radius 1 is 1.58 bits per heavy atom. The summed E-state index contributed by atoms with van der Waals surface area (Å²) in [6.45, 7) is 6.97. The summed E-state index contributed by atoms with van der Waals surface area (Å²) < 4.78 is 1.88. The van der Waals surface area contributed by atoms with Gasteiger partial charge in [-0.25, -0.2) is 4.68 Å². The van der Waals surface area contributed by atoms with Crippen molar-refractivity contribution in [3.05, 3.63) is 11.9 Å². The van der Waals surface area contributed by atoms with Crippen LogP contribution >= 0.6 is 11.6 Å². The summed E-state index contributed by atoms with van der Waals surface area (Å²) >= 11 is 5.98. The van der Waals surface area contributed by atoms with Crippen LogP contribution in [0.15, 0.2) is 6.20 Å². The summed E-state index contributed by atoms with van der Waals surface area (Å²) in [5.41, 5.74) is 1.11. The van der Waals surface area contributed by atoms with Crippen molar-refractivity contribution in [2.45, 2.75) is 38.6 Å². The van der Waals surface area contributed by atoms with Gasteiger partial charge >= 0.3 is 0 Å². The second-order valence-corrected chi connectivity index (χ2v) is 3.63. The summed E-state index contributed by atoms with van der Waals surface area (Å²) in [6.07, 6.45) is 1.78. The van der Waals surface area contributed by atoms with Crippen LogP contribution in [0.4, 0.5) is 0 Å². The molecule has 0 fully saturated rings. The van der Waals surface area contributed by atoms with Gasteiger partial charge in [0.1, 0.15) is 0 Å². The number of aromatic nitrogens is 3. The van der Waals surface area contributed by atoms with Crippen molar-refractivity contribution in [2.75, 3.05) is 0 Å². The van der Waals surface area contributed by atoms with E-state index >= 15 is 0 Å². The molecule has 0 saturated carbocycles. The first-order valence-corrected chi connectivity index (χ1v) is 4.63. The molecule has 0 spiro atoms. The highest BCUT2D eigenvalue weighted by Crippen LogP contribution is 2.21. The Morgan fingerprint density at radius 2 is 2.25 bits per heavy atom. The number of hydrogen-bond donors (Lipinski definition) is 0. The Labute approximate surface area is 77.7 Å². The van der Waals surface area contributed by atoms with Gasteiger partial charge in [0.2, 0.25) is 0 Å². The van der Waals surface area contributed by atoms with Gasteiger partial charge in [-0.3, -0.25) is 0 Å². The van der Waals surface area contributed by atoms with E-state index < -0.39 is 0 Å². The molecule has 4 heteroatoms. The van der Waals surface area contributed by atoms with Crippen LogP contribution in [-0.2, 0) is 6.54 Å². The van der Waals surface area contributed by atoms with Crippen LogP contribution in [0, 0.1) is 0 Å². The van der Waals surface area contributed by atoms with Gasteiger partial charge in [-0.2, -0.15) is 0 Å². The fraction of sp³-hybridized carbons (Fsp3) is 0.750. The van der Waals surface area contributed by atoms with Crippen molar-refractivity contribution in [3.63, 3.8) is 0 Å². The Morgan fingerprint density at radius 3 is 2.75 bits per heavy atom. The normalized spacial score (nSPS) is 16.0. The van der Waals surface area contributed by atoms with Gasteiger partial charge in [0.25, 0.3) is 0 Å². The van der Waals surface area contributed by atoms with E-state index in [1.54, 1.807) is 6.20 Å². The zero-order chi connectivity index (χ0) is 9.14. The second kappa shape index (κ2) is 3.90. The van der Waals surface area contributed by atoms with E-state index in [0.717, 1.165) is 12.2 Å². The van der Waals surface area contributed by atoms with E-state index in [4.69, 9.17) is 11.6 Å². The largest absolute Gasteiger partial charge is 0.249 e. The average Bonchev–Trinajstić information content (AvgIpc) is 2.49. The summed E-state index contributed by atoms with van der Waals surface area (Å²) in [6, 6.07) is 0. The Hall–Kier alpha value is -0.570. The molecule has 1 aromatic heterocycles. The molecule has 2 unspecified atom stereocenters. The minimum atomic E-state index is 0.119. The first-order chi connectivity index (χ1) is 5.66. The van der Waals surface area contributed by atoms with Crippen LogP contribution in [0.2, 0.25) is 0 Å². The first-order valence-electron chi connectivity index (χ1n) is 4.19. The molecule has 1 rings (SSSR count). The molecule has 0 bridgehead atoms. The van der Waals surface area contributed by atoms with Crippen LogP contribution < -0.4 is 0 Å². The van der Waals surface area contributed by atoms with Crippen LogP contribution in [0.5, 0.6) is 0 Å². The quantitative estimate of drug-likeness (QED) is 0.678. The van der Waals surface area contributed by atoms with Crippen LogP contribution in [0.3, 0.4) is 0 Å². The molecule has 0 aliphatic heterocycles. The van der Waals surface area contributed by atoms with Crippen molar-refractivity contribution in [1.82, 2.24) is 15.0 Å². The van der Waals surface area contributed by atoms with Gasteiger partial charge in [0.05, 0.1) is 11.9 Å². The molecule has 1 aromatic rings. The van der Waals surface area contributed by atoms with E-state index in [-0.39, 0.29) is 5.38 Å². The molecule has 68 valence electrons. The summed E-state index contributed by atoms with van der Waals surface area (Å²) in [4.78, 5) is 0. The highest BCUT2D eigenvalue weighted by molar-refractivity contribution is 6.20. The number of aryl methyl sites for hydroxylation is 1. The minimum absolute atomic E-state index is 0.119. The van der Waals surface area contributed by atoms with Gasteiger partial charge in [-0.05, 0) is 13.8 Å². The number of nitrogens with zero attached hydrogens (tertiary/aromatic N) is 3. The van der Waals surface area contributed by atoms with E-state index in [2.05, 4.69) is 17.2 Å². The standard InChI is InChI=1S/C8H14ClN3/c1-4-12-8(5-10-11-12)6(2)7(3)9/h5-7H,4H2,1-3H3. The molecule has 0 N–H and O–H groups in total. The van der Waals surface area contributed by atoms with Gasteiger partial charge in [0, 0.05) is 17.8 Å². The fourth-order valence-corrected chi connectivity index (χ4v) is 1.23. The smallest absolute Gasteiger partial charge is 0.0728 e. The summed E-state index contributed by atoms with van der Waals surface area (Å²) in [7, 11) is 0. The van der Waals surface area contributed by atoms with Crippen LogP contribution in [0.25, 0.3) is 0 Å². The van der Waals surface area contributed by atoms with E-state index in [1.807, 2.05) is 18.5 Å². The lowest BCUT2D eigenvalue weighted by molar-refractivity contribution is 0.562. The molecule has 1 heterocycles. The lowest BCUT2D eigenvalue weighted by atomic mass is 10.1. The lowest BCUT2D eigenvalue weighted by Gasteiger charge is -2.13. The Kier molecular flexibility index (Phi) is 3.09. The molecule has 2 atom stereocenters. The highest BCUT2D eigenvalue weighted by Gasteiger charge is 2.15. The van der Waals surface area contributed by atoms with Crippen molar-refractivity contribution in [3.8, 4) is 0 Å². The number of halogens is 1. The third-order valence-corrected chi connectivity index (χ3v) is 2.48. The van der Waals surface area contributed by atoms with Gasteiger partial charge in [-0.1, -0.05) is 12.1 Å². The van der Waals surface area contributed by atoms with Gasteiger partial charge < -0.3 is 0 Å². The molecular weight excluding hydrogens is 174 g/mol. The van der Waals surface area contributed by atoms with Crippen molar-refractivity contribution in [1.29, 1.82) is 0 Å². The third-order valence-electron chi connectivity index (χ3n) is 2.10. The summed E-state index contributed by atoms with van der Waals surface area (Å²) in [5.74, 6) is 0.307. The van der Waals surface area contributed by atoms with E-state index in [9.17, 15) is 0 Å². The van der Waals surface area contributed by atoms with Crippen LogP contribution in [-0.4, -0.2) is 20.4 Å². The van der Waals surface area contributed by atoms with Crippen molar-refractivity contribution in [2.24, 2.45) is 0 Å². The lowest BCUT2D eigenvalue weighted by Crippen LogP contribution is -2.11. The monoisotopic (exact) mass is 187 g/mol. The summed E-state index contributed by atoms with van der Waals surface area (Å²) in [5, 5.41) is 7.92. The molecular formula is C8H14ClN3. The topological polar surface area (TPSA) is 30.7 Å².